The summed E-state index contributed by atoms with van der Waals surface area (Å²) < 4.78 is 7.49. The zero-order valence-electron chi connectivity index (χ0n) is 21.4. The summed E-state index contributed by atoms with van der Waals surface area (Å²) in [6.07, 6.45) is 0. The van der Waals surface area contributed by atoms with Gasteiger partial charge in [0.2, 0.25) is 5.91 Å². The van der Waals surface area contributed by atoms with Crippen molar-refractivity contribution in [2.75, 3.05) is 52.5 Å². The molecule has 1 amide bonds. The molecule has 1 fully saturated rings. The van der Waals surface area contributed by atoms with Crippen LogP contribution in [0.4, 0.5) is 0 Å². The van der Waals surface area contributed by atoms with Crippen molar-refractivity contribution in [2.24, 2.45) is 4.99 Å². The SMILES string of the molecule is Cc1sc2c(c1C)C(c1ccc(Cl)cc1)=NC(CNCC(=O)NCCN1CCOCC1)c1nnc(C)n1-2. The van der Waals surface area contributed by atoms with Gasteiger partial charge in [0.15, 0.2) is 5.82 Å². The largest absolute Gasteiger partial charge is 0.379 e. The van der Waals surface area contributed by atoms with Crippen molar-refractivity contribution in [3.8, 4) is 5.00 Å². The summed E-state index contributed by atoms with van der Waals surface area (Å²) in [5.74, 6) is 1.55. The molecule has 1 unspecified atom stereocenters. The fourth-order valence-electron chi connectivity index (χ4n) is 4.70. The summed E-state index contributed by atoms with van der Waals surface area (Å²) in [4.78, 5) is 21.2. The normalized spacial score (nSPS) is 17.6. The van der Waals surface area contributed by atoms with Crippen LogP contribution in [0, 0.1) is 20.8 Å². The molecular weight excluding hydrogens is 510 g/mol. The second-order valence-corrected chi connectivity index (χ2v) is 11.0. The Balaban J connectivity index is 1.34. The van der Waals surface area contributed by atoms with Gasteiger partial charge in [0, 0.05) is 53.8 Å². The van der Waals surface area contributed by atoms with Crippen molar-refractivity contribution in [3.05, 3.63) is 62.5 Å². The fraction of sp³-hybridized carbons (Fsp3) is 0.462. The van der Waals surface area contributed by atoms with E-state index < -0.39 is 0 Å². The van der Waals surface area contributed by atoms with Gasteiger partial charge in [0.05, 0.1) is 25.5 Å². The molecule has 9 nitrogen and oxygen atoms in total. The highest BCUT2D eigenvalue weighted by Crippen LogP contribution is 2.38. The first-order valence-electron chi connectivity index (χ1n) is 12.6. The number of aryl methyl sites for hydroxylation is 2. The quantitative estimate of drug-likeness (QED) is 0.455. The highest BCUT2D eigenvalue weighted by molar-refractivity contribution is 7.15. The molecule has 1 saturated heterocycles. The number of nitrogens with one attached hydrogen (secondary N) is 2. The Kier molecular flexibility index (Phi) is 8.01. The predicted octanol–water partition coefficient (Wildman–Crippen LogP) is 2.84. The van der Waals surface area contributed by atoms with Gasteiger partial charge in [-0.15, -0.1) is 21.5 Å². The summed E-state index contributed by atoms with van der Waals surface area (Å²) in [6, 6.07) is 7.47. The lowest BCUT2D eigenvalue weighted by Crippen LogP contribution is -2.43. The molecule has 2 aromatic heterocycles. The van der Waals surface area contributed by atoms with Crippen LogP contribution in [0.25, 0.3) is 5.00 Å². The second-order valence-electron chi connectivity index (χ2n) is 9.34. The average Bonchev–Trinajstić information content (AvgIpc) is 3.37. The lowest BCUT2D eigenvalue weighted by Gasteiger charge is -2.26. The van der Waals surface area contributed by atoms with Crippen molar-refractivity contribution < 1.29 is 9.53 Å². The van der Waals surface area contributed by atoms with Crippen molar-refractivity contribution in [3.63, 3.8) is 0 Å². The van der Waals surface area contributed by atoms with Gasteiger partial charge >= 0.3 is 0 Å². The minimum Gasteiger partial charge on any atom is -0.379 e. The van der Waals surface area contributed by atoms with Crippen molar-refractivity contribution in [1.29, 1.82) is 0 Å². The van der Waals surface area contributed by atoms with Crippen molar-refractivity contribution in [1.82, 2.24) is 30.3 Å². The molecule has 1 aromatic carbocycles. The maximum atomic E-state index is 12.5. The minimum absolute atomic E-state index is 0.0352. The molecule has 196 valence electrons. The average molecular weight is 542 g/mol. The monoisotopic (exact) mass is 541 g/mol. The van der Waals surface area contributed by atoms with Crippen LogP contribution in [0.15, 0.2) is 29.3 Å². The van der Waals surface area contributed by atoms with Gasteiger partial charge in [0.25, 0.3) is 0 Å². The molecule has 3 aromatic rings. The Labute approximate surface area is 225 Å². The summed E-state index contributed by atoms with van der Waals surface area (Å²) in [6.45, 7) is 11.7. The zero-order chi connectivity index (χ0) is 25.9. The van der Waals surface area contributed by atoms with E-state index in [1.165, 1.54) is 10.4 Å². The van der Waals surface area contributed by atoms with Gasteiger partial charge in [-0.2, -0.15) is 0 Å². The minimum atomic E-state index is -0.313. The number of carbonyl (C=O) groups is 1. The number of morpholine rings is 1. The summed E-state index contributed by atoms with van der Waals surface area (Å²) in [5, 5.41) is 16.9. The smallest absolute Gasteiger partial charge is 0.234 e. The van der Waals surface area contributed by atoms with Crippen LogP contribution in [0.1, 0.15) is 39.3 Å². The number of amides is 1. The molecule has 0 aliphatic carbocycles. The van der Waals surface area contributed by atoms with Gasteiger partial charge < -0.3 is 15.4 Å². The van der Waals surface area contributed by atoms with Crippen molar-refractivity contribution >= 4 is 34.6 Å². The van der Waals surface area contributed by atoms with E-state index in [4.69, 9.17) is 21.3 Å². The van der Waals surface area contributed by atoms with Crippen LogP contribution in [0.5, 0.6) is 0 Å². The maximum Gasteiger partial charge on any atom is 0.234 e. The number of aliphatic imine (C=N–C) groups is 1. The summed E-state index contributed by atoms with van der Waals surface area (Å²) in [7, 11) is 0. The first-order chi connectivity index (χ1) is 17.9. The van der Waals surface area contributed by atoms with Gasteiger partial charge in [-0.05, 0) is 38.5 Å². The third-order valence-corrected chi connectivity index (χ3v) is 8.28. The highest BCUT2D eigenvalue weighted by Gasteiger charge is 2.31. The number of hydrogen-bond acceptors (Lipinski definition) is 8. The number of nitrogens with zero attached hydrogens (tertiary/aromatic N) is 5. The molecule has 2 N–H and O–H groups in total. The van der Waals surface area contributed by atoms with Crippen LogP contribution in [-0.4, -0.2) is 83.8 Å². The van der Waals surface area contributed by atoms with E-state index in [1.54, 1.807) is 11.3 Å². The van der Waals surface area contributed by atoms with Gasteiger partial charge in [0.1, 0.15) is 16.9 Å². The first kappa shape index (κ1) is 26.0. The van der Waals surface area contributed by atoms with E-state index in [0.717, 1.165) is 66.3 Å². The molecular formula is C26H32ClN7O2S. The number of halogens is 1. The van der Waals surface area contributed by atoms with Gasteiger partial charge in [-0.3, -0.25) is 19.3 Å². The van der Waals surface area contributed by atoms with Crippen molar-refractivity contribution in [2.45, 2.75) is 26.8 Å². The highest BCUT2D eigenvalue weighted by atomic mass is 35.5. The maximum absolute atomic E-state index is 12.5. The third-order valence-electron chi connectivity index (χ3n) is 6.83. The van der Waals surface area contributed by atoms with Crippen LogP contribution in [0.2, 0.25) is 5.02 Å². The number of hydrogen-bond donors (Lipinski definition) is 2. The fourth-order valence-corrected chi connectivity index (χ4v) is 6.04. The number of aromatic nitrogens is 3. The number of fused-ring (bicyclic) bond motifs is 3. The molecule has 2 aliphatic rings. The Morgan fingerprint density at radius 3 is 2.68 bits per heavy atom. The van der Waals surface area contributed by atoms with E-state index in [-0.39, 0.29) is 18.5 Å². The molecule has 0 bridgehead atoms. The Bertz CT molecular complexity index is 1290. The number of benzene rings is 1. The topological polar surface area (TPSA) is 96.7 Å². The summed E-state index contributed by atoms with van der Waals surface area (Å²) in [5.41, 5.74) is 4.19. The number of carbonyl (C=O) groups excluding carboxylic acids is 1. The van der Waals surface area contributed by atoms with Crippen LogP contribution in [-0.2, 0) is 9.53 Å². The molecule has 0 radical (unpaired) electrons. The second kappa shape index (κ2) is 11.4. The standard InChI is InChI=1S/C26H32ClN7O2S/c1-16-17(2)37-26-23(16)24(19-4-6-20(27)7-5-19)30-21(25-32-31-18(3)34(25)26)14-28-15-22(35)29-8-9-33-10-12-36-13-11-33/h4-7,21,28H,8-15H2,1-3H3,(H,29,35). The van der Waals surface area contributed by atoms with Gasteiger partial charge in [-0.1, -0.05) is 23.7 Å². The molecule has 11 heteroatoms. The molecule has 37 heavy (non-hydrogen) atoms. The van der Waals surface area contributed by atoms with Crippen LogP contribution in [0.3, 0.4) is 0 Å². The zero-order valence-corrected chi connectivity index (χ0v) is 23.0. The van der Waals surface area contributed by atoms with Crippen LogP contribution < -0.4 is 10.6 Å². The molecule has 0 saturated carbocycles. The Morgan fingerprint density at radius 1 is 1.16 bits per heavy atom. The first-order valence-corrected chi connectivity index (χ1v) is 13.8. The number of ether oxygens (including phenoxy) is 1. The lowest BCUT2D eigenvalue weighted by atomic mass is 10.00. The third kappa shape index (κ3) is 5.63. The molecule has 0 spiro atoms. The lowest BCUT2D eigenvalue weighted by molar-refractivity contribution is -0.120. The molecule has 1 atom stereocenters. The molecule has 2 aliphatic heterocycles. The Hall–Kier alpha value is -2.63. The molecule has 4 heterocycles. The molecule has 5 rings (SSSR count). The Morgan fingerprint density at radius 2 is 1.92 bits per heavy atom. The number of rotatable bonds is 8. The van der Waals surface area contributed by atoms with E-state index in [9.17, 15) is 4.79 Å². The van der Waals surface area contributed by atoms with Crippen LogP contribution >= 0.6 is 22.9 Å². The summed E-state index contributed by atoms with van der Waals surface area (Å²) >= 11 is 7.91. The van der Waals surface area contributed by atoms with E-state index in [0.29, 0.717) is 18.1 Å². The van der Waals surface area contributed by atoms with E-state index >= 15 is 0 Å². The van der Waals surface area contributed by atoms with E-state index in [1.807, 2.05) is 31.2 Å². The number of thiophene rings is 1. The van der Waals surface area contributed by atoms with Gasteiger partial charge in [-0.25, -0.2) is 0 Å². The van der Waals surface area contributed by atoms with E-state index in [2.05, 4.69) is 44.1 Å². The predicted molar refractivity (Wildman–Crippen MR) is 146 cm³/mol.